The molecule has 0 atom stereocenters. The van der Waals surface area contributed by atoms with E-state index in [1.165, 1.54) is 0 Å². The van der Waals surface area contributed by atoms with Gasteiger partial charge in [0.2, 0.25) is 6.29 Å². The molecule has 3 aromatic heterocycles. The second-order valence-electron chi connectivity index (χ2n) is 6.57. The fraction of sp³-hybridized carbons (Fsp3) is 0.353. The Balaban J connectivity index is 0.000000326. The van der Waals surface area contributed by atoms with Gasteiger partial charge in [0.25, 0.3) is 0 Å². The molecule has 25 heavy (non-hydrogen) atoms. The Kier molecular flexibility index (Phi) is 5.01. The average Bonchev–Trinajstić information content (AvgIpc) is 3.12. The molecule has 3 rings (SSSR count). The molecule has 5 nitrogen and oxygen atoms in total. The quantitative estimate of drug-likeness (QED) is 0.673. The number of nitrogens with zero attached hydrogens (tertiary/aromatic N) is 3. The molecule has 0 spiro atoms. The van der Waals surface area contributed by atoms with Crippen molar-refractivity contribution >= 4 is 17.3 Å². The zero-order valence-electron chi connectivity index (χ0n) is 14.3. The fourth-order valence-electron chi connectivity index (χ4n) is 2.48. The van der Waals surface area contributed by atoms with Crippen LogP contribution in [0.2, 0.25) is 0 Å². The molecule has 0 saturated heterocycles. The number of nitrogens with one attached hydrogen (secondary N) is 1. The summed E-state index contributed by atoms with van der Waals surface area (Å²) in [5.74, 6) is 1.09. The molecule has 0 fully saturated rings. The van der Waals surface area contributed by atoms with Gasteiger partial charge in [-0.3, -0.25) is 4.79 Å². The number of fused-ring (bicyclic) bond motifs is 1. The van der Waals surface area contributed by atoms with Gasteiger partial charge in [-0.15, -0.1) is 0 Å². The number of alkyl halides is 3. The summed E-state index contributed by atoms with van der Waals surface area (Å²) >= 11 is 0. The molecular formula is C17H19F3N4O. The lowest BCUT2D eigenvalue weighted by atomic mass is 9.96. The lowest BCUT2D eigenvalue weighted by molar-refractivity contribution is -0.156. The maximum atomic E-state index is 10.4. The molecule has 0 bridgehead atoms. The van der Waals surface area contributed by atoms with Gasteiger partial charge in [0.1, 0.15) is 11.5 Å². The number of hydrogen-bond donors (Lipinski definition) is 1. The van der Waals surface area contributed by atoms with E-state index in [-0.39, 0.29) is 5.41 Å². The van der Waals surface area contributed by atoms with Crippen molar-refractivity contribution in [2.45, 2.75) is 32.4 Å². The van der Waals surface area contributed by atoms with E-state index in [1.54, 1.807) is 0 Å². The number of carbonyl (C=O) groups excluding carboxylic acids is 1. The van der Waals surface area contributed by atoms with Crippen molar-refractivity contribution in [1.82, 2.24) is 19.5 Å². The molecule has 3 heterocycles. The first-order valence-corrected chi connectivity index (χ1v) is 7.52. The Labute approximate surface area is 142 Å². The highest BCUT2D eigenvalue weighted by molar-refractivity contribution is 5.91. The number of aromatic amines is 1. The number of aldehydes is 1. The van der Waals surface area contributed by atoms with Crippen LogP contribution >= 0.6 is 0 Å². The fourth-order valence-corrected chi connectivity index (χ4v) is 2.48. The van der Waals surface area contributed by atoms with Crippen molar-refractivity contribution in [3.63, 3.8) is 0 Å². The van der Waals surface area contributed by atoms with Crippen molar-refractivity contribution in [3.8, 4) is 11.3 Å². The standard InChI is InChI=1S/C15H18N4.C2HF3O/c1-15(2,3)14-18-12(9-19(14)4)10-5-7-16-13-11(10)6-8-17-13;3-2(4,5)1-6/h5-9H,1-4H3,(H,16,17);1H. The van der Waals surface area contributed by atoms with Crippen molar-refractivity contribution < 1.29 is 18.0 Å². The van der Waals surface area contributed by atoms with Crippen LogP contribution in [0.25, 0.3) is 22.3 Å². The predicted octanol–water partition coefficient (Wildman–Crippen LogP) is 4.01. The minimum Gasteiger partial charge on any atom is -0.346 e. The minimum atomic E-state index is -4.64. The number of halogens is 3. The largest absolute Gasteiger partial charge is 0.446 e. The van der Waals surface area contributed by atoms with E-state index < -0.39 is 12.5 Å². The molecule has 1 N–H and O–H groups in total. The highest BCUT2D eigenvalue weighted by Gasteiger charge is 2.25. The molecule has 0 unspecified atom stereocenters. The first kappa shape index (κ1) is 18.7. The van der Waals surface area contributed by atoms with Gasteiger partial charge in [-0.1, -0.05) is 20.8 Å². The van der Waals surface area contributed by atoms with Gasteiger partial charge >= 0.3 is 6.18 Å². The average molecular weight is 352 g/mol. The van der Waals surface area contributed by atoms with E-state index in [1.807, 2.05) is 31.6 Å². The monoisotopic (exact) mass is 352 g/mol. The summed E-state index contributed by atoms with van der Waals surface area (Å²) in [5.41, 5.74) is 3.06. The van der Waals surface area contributed by atoms with Crippen molar-refractivity contribution in [3.05, 3.63) is 36.5 Å². The topological polar surface area (TPSA) is 63.6 Å². The van der Waals surface area contributed by atoms with Crippen molar-refractivity contribution in [2.24, 2.45) is 7.05 Å². The van der Waals surface area contributed by atoms with E-state index in [0.29, 0.717) is 0 Å². The molecular weight excluding hydrogens is 333 g/mol. The van der Waals surface area contributed by atoms with Crippen LogP contribution in [0.3, 0.4) is 0 Å². The number of carbonyl (C=O) groups is 1. The molecule has 0 radical (unpaired) electrons. The van der Waals surface area contributed by atoms with Gasteiger partial charge < -0.3 is 9.55 Å². The smallest absolute Gasteiger partial charge is 0.346 e. The number of H-pyrrole nitrogens is 1. The molecule has 0 aliphatic rings. The first-order valence-electron chi connectivity index (χ1n) is 7.52. The third kappa shape index (κ3) is 4.46. The van der Waals surface area contributed by atoms with Crippen LogP contribution < -0.4 is 0 Å². The van der Waals surface area contributed by atoms with Crippen molar-refractivity contribution in [2.75, 3.05) is 0 Å². The predicted molar refractivity (Wildman–Crippen MR) is 89.1 cm³/mol. The van der Waals surface area contributed by atoms with Gasteiger partial charge in [0, 0.05) is 42.0 Å². The molecule has 3 aromatic rings. The molecule has 0 amide bonds. The van der Waals surface area contributed by atoms with E-state index in [9.17, 15) is 13.2 Å². The molecule has 134 valence electrons. The third-order valence-electron chi connectivity index (χ3n) is 3.42. The second kappa shape index (κ2) is 6.70. The Morgan fingerprint density at radius 1 is 1.20 bits per heavy atom. The summed E-state index contributed by atoms with van der Waals surface area (Å²) in [4.78, 5) is 21.0. The Hall–Kier alpha value is -2.64. The van der Waals surface area contributed by atoms with E-state index in [2.05, 4.69) is 41.5 Å². The van der Waals surface area contributed by atoms with Crippen LogP contribution in [0.1, 0.15) is 26.6 Å². The summed E-state index contributed by atoms with van der Waals surface area (Å²) < 4.78 is 33.4. The Morgan fingerprint density at radius 3 is 2.36 bits per heavy atom. The lowest BCUT2D eigenvalue weighted by Gasteiger charge is -2.17. The van der Waals surface area contributed by atoms with Crippen LogP contribution in [0.4, 0.5) is 13.2 Å². The number of aryl methyl sites for hydroxylation is 1. The molecule has 0 aliphatic heterocycles. The van der Waals surface area contributed by atoms with Gasteiger partial charge in [-0.2, -0.15) is 13.2 Å². The third-order valence-corrected chi connectivity index (χ3v) is 3.42. The SMILES string of the molecule is Cn1cc(-c2ccnc3[nH]ccc23)nc1C(C)(C)C.O=CC(F)(F)F. The first-order chi connectivity index (χ1) is 11.5. The summed E-state index contributed by atoms with van der Waals surface area (Å²) in [7, 11) is 2.05. The molecule has 0 aliphatic carbocycles. The van der Waals surface area contributed by atoms with Gasteiger partial charge in [-0.25, -0.2) is 9.97 Å². The summed E-state index contributed by atoms with van der Waals surface area (Å²) in [6.45, 7) is 6.53. The van der Waals surface area contributed by atoms with Gasteiger partial charge in [-0.05, 0) is 12.1 Å². The highest BCUT2D eigenvalue weighted by Crippen LogP contribution is 2.29. The number of hydrogen-bond acceptors (Lipinski definition) is 3. The van der Waals surface area contributed by atoms with Crippen molar-refractivity contribution in [1.29, 1.82) is 0 Å². The van der Waals surface area contributed by atoms with E-state index >= 15 is 0 Å². The highest BCUT2D eigenvalue weighted by atomic mass is 19.4. The number of rotatable bonds is 1. The van der Waals surface area contributed by atoms with Crippen LogP contribution in [-0.2, 0) is 17.3 Å². The molecule has 0 aromatic carbocycles. The Bertz CT molecular complexity index is 872. The summed E-state index contributed by atoms with van der Waals surface area (Å²) in [6, 6.07) is 4.06. The zero-order valence-corrected chi connectivity index (χ0v) is 14.3. The van der Waals surface area contributed by atoms with Gasteiger partial charge in [0.05, 0.1) is 5.69 Å². The minimum absolute atomic E-state index is 0.0390. The van der Waals surface area contributed by atoms with Crippen LogP contribution in [0, 0.1) is 0 Å². The number of aromatic nitrogens is 4. The number of pyridine rings is 1. The summed E-state index contributed by atoms with van der Waals surface area (Å²) in [6.07, 6.45) is 0.115. The zero-order chi connectivity index (χ0) is 18.8. The summed E-state index contributed by atoms with van der Waals surface area (Å²) in [5, 5.41) is 1.11. The number of imidazole rings is 1. The maximum Gasteiger partial charge on any atom is 0.446 e. The Morgan fingerprint density at radius 2 is 1.84 bits per heavy atom. The van der Waals surface area contributed by atoms with E-state index in [0.717, 1.165) is 28.1 Å². The normalized spacial score (nSPS) is 12.0. The van der Waals surface area contributed by atoms with Crippen LogP contribution in [0.5, 0.6) is 0 Å². The van der Waals surface area contributed by atoms with Crippen LogP contribution in [-0.4, -0.2) is 32.0 Å². The second-order valence-corrected chi connectivity index (χ2v) is 6.57. The molecule has 8 heteroatoms. The van der Waals surface area contributed by atoms with Gasteiger partial charge in [0.15, 0.2) is 0 Å². The lowest BCUT2D eigenvalue weighted by Crippen LogP contribution is -2.17. The van der Waals surface area contributed by atoms with E-state index in [4.69, 9.17) is 9.78 Å². The molecule has 0 saturated carbocycles. The van der Waals surface area contributed by atoms with Crippen LogP contribution in [0.15, 0.2) is 30.7 Å². The maximum absolute atomic E-state index is 10.4.